The Hall–Kier alpha value is -1.10. The van der Waals surface area contributed by atoms with E-state index in [1.54, 1.807) is 0 Å². The van der Waals surface area contributed by atoms with Gasteiger partial charge >= 0.3 is 0 Å². The quantitative estimate of drug-likeness (QED) is 0.804. The number of nitrogens with zero attached hydrogens (tertiary/aromatic N) is 2. The summed E-state index contributed by atoms with van der Waals surface area (Å²) < 4.78 is 11.5. The summed E-state index contributed by atoms with van der Waals surface area (Å²) in [6.07, 6.45) is 0.343. The maximum absolute atomic E-state index is 6.11. The molecule has 4 nitrogen and oxygen atoms in total. The highest BCUT2D eigenvalue weighted by Gasteiger charge is 2.34. The molecule has 0 radical (unpaired) electrons. The van der Waals surface area contributed by atoms with Gasteiger partial charge in [-0.1, -0.05) is 32.0 Å². The first-order chi connectivity index (χ1) is 11.0. The van der Waals surface area contributed by atoms with E-state index in [0.29, 0.717) is 11.5 Å². The van der Waals surface area contributed by atoms with Gasteiger partial charge in [0.15, 0.2) is 0 Å². The third-order valence-electron chi connectivity index (χ3n) is 4.72. The van der Waals surface area contributed by atoms with Crippen molar-refractivity contribution in [3.8, 4) is 5.75 Å². The zero-order valence-corrected chi connectivity index (χ0v) is 14.8. The van der Waals surface area contributed by atoms with Crippen molar-refractivity contribution in [1.82, 2.24) is 9.80 Å². The van der Waals surface area contributed by atoms with Gasteiger partial charge in [0.25, 0.3) is 0 Å². The molecule has 2 heterocycles. The molecule has 2 aliphatic heterocycles. The lowest BCUT2D eigenvalue weighted by atomic mass is 9.90. The molecule has 0 aliphatic carbocycles. The molecule has 1 aromatic rings. The van der Waals surface area contributed by atoms with Gasteiger partial charge < -0.3 is 9.47 Å². The predicted molar refractivity (Wildman–Crippen MR) is 93.1 cm³/mol. The van der Waals surface area contributed by atoms with E-state index in [9.17, 15) is 0 Å². The van der Waals surface area contributed by atoms with Crippen molar-refractivity contribution in [3.05, 3.63) is 29.8 Å². The van der Waals surface area contributed by atoms with E-state index >= 15 is 0 Å². The largest absolute Gasteiger partial charge is 0.487 e. The van der Waals surface area contributed by atoms with Crippen LogP contribution in [0.5, 0.6) is 5.75 Å². The van der Waals surface area contributed by atoms with Gasteiger partial charge in [-0.15, -0.1) is 0 Å². The highest BCUT2D eigenvalue weighted by molar-refractivity contribution is 5.32. The first-order valence-electron chi connectivity index (χ1n) is 8.77. The van der Waals surface area contributed by atoms with Gasteiger partial charge in [0, 0.05) is 39.3 Å². The van der Waals surface area contributed by atoms with Gasteiger partial charge in [-0.2, -0.15) is 0 Å². The summed E-state index contributed by atoms with van der Waals surface area (Å²) in [6, 6.07) is 8.28. The first-order valence-corrected chi connectivity index (χ1v) is 8.77. The number of benzene rings is 1. The average Bonchev–Trinajstić information content (AvgIpc) is 2.47. The molecule has 0 saturated carbocycles. The van der Waals surface area contributed by atoms with Gasteiger partial charge in [-0.3, -0.25) is 9.80 Å². The van der Waals surface area contributed by atoms with Crippen molar-refractivity contribution in [2.45, 2.75) is 26.9 Å². The molecular formula is C19H30N2O2. The maximum Gasteiger partial charge on any atom is 0.124 e. The molecule has 4 heteroatoms. The lowest BCUT2D eigenvalue weighted by Crippen LogP contribution is -2.57. The molecule has 0 bridgehead atoms. The lowest BCUT2D eigenvalue weighted by Gasteiger charge is -2.44. The van der Waals surface area contributed by atoms with Gasteiger partial charge in [0.2, 0.25) is 0 Å². The van der Waals surface area contributed by atoms with E-state index in [1.807, 2.05) is 6.07 Å². The van der Waals surface area contributed by atoms with E-state index in [2.05, 4.69) is 48.8 Å². The molecule has 0 unspecified atom stereocenters. The van der Waals surface area contributed by atoms with Crippen molar-refractivity contribution in [3.63, 3.8) is 0 Å². The minimum atomic E-state index is 0.310. The Labute approximate surface area is 140 Å². The van der Waals surface area contributed by atoms with Crippen LogP contribution < -0.4 is 4.74 Å². The van der Waals surface area contributed by atoms with Crippen LogP contribution in [-0.2, 0) is 4.74 Å². The molecule has 0 N–H and O–H groups in total. The topological polar surface area (TPSA) is 24.9 Å². The monoisotopic (exact) mass is 318 g/mol. The molecule has 0 atom stereocenters. The smallest absolute Gasteiger partial charge is 0.124 e. The van der Waals surface area contributed by atoms with Crippen LogP contribution in [0.3, 0.4) is 0 Å². The van der Waals surface area contributed by atoms with E-state index in [4.69, 9.17) is 9.47 Å². The number of hydrogen-bond donors (Lipinski definition) is 0. The highest BCUT2D eigenvalue weighted by atomic mass is 16.5. The van der Waals surface area contributed by atoms with Gasteiger partial charge in [-0.05, 0) is 24.0 Å². The number of likely N-dealkylation sites (tertiary alicyclic amines) is 1. The summed E-state index contributed by atoms with van der Waals surface area (Å²) in [5, 5.41) is 0. The summed E-state index contributed by atoms with van der Waals surface area (Å²) in [7, 11) is 0. The molecule has 2 fully saturated rings. The number of aryl methyl sites for hydroxylation is 1. The third kappa shape index (κ3) is 4.69. The first kappa shape index (κ1) is 16.7. The summed E-state index contributed by atoms with van der Waals surface area (Å²) in [5.41, 5.74) is 1.53. The number of ether oxygens (including phenoxy) is 2. The fraction of sp³-hybridized carbons (Fsp3) is 0.684. The maximum atomic E-state index is 6.11. The molecule has 0 aromatic heterocycles. The van der Waals surface area contributed by atoms with Crippen LogP contribution in [-0.4, -0.2) is 68.4 Å². The zero-order chi connectivity index (χ0) is 16.3. The lowest BCUT2D eigenvalue weighted by molar-refractivity contribution is -0.0207. The van der Waals surface area contributed by atoms with Gasteiger partial charge in [0.05, 0.1) is 13.2 Å². The molecule has 0 amide bonds. The van der Waals surface area contributed by atoms with E-state index in [-0.39, 0.29) is 0 Å². The molecule has 1 aromatic carbocycles. The fourth-order valence-electron chi connectivity index (χ4n) is 3.61. The SMILES string of the molecule is Cc1ccccc1OC1CN(CC(C)(C)CN2CCOCC2)C1. The molecule has 128 valence electrons. The van der Waals surface area contributed by atoms with Crippen LogP contribution in [0.25, 0.3) is 0 Å². The molecule has 2 aliphatic rings. The number of para-hydroxylation sites is 1. The Morgan fingerprint density at radius 3 is 2.43 bits per heavy atom. The van der Waals surface area contributed by atoms with Crippen LogP contribution in [0.2, 0.25) is 0 Å². The minimum Gasteiger partial charge on any atom is -0.487 e. The molecule has 23 heavy (non-hydrogen) atoms. The Morgan fingerprint density at radius 1 is 1.09 bits per heavy atom. The van der Waals surface area contributed by atoms with Crippen LogP contribution >= 0.6 is 0 Å². The number of morpholine rings is 1. The molecule has 0 spiro atoms. The molecule has 3 rings (SSSR count). The summed E-state index contributed by atoms with van der Waals surface area (Å²) in [4.78, 5) is 5.05. The predicted octanol–water partition coefficient (Wildman–Crippen LogP) is 2.42. The standard InChI is InChI=1S/C19H30N2O2/c1-16-6-4-5-7-18(16)23-17-12-21(13-17)15-19(2,3)14-20-8-10-22-11-9-20/h4-7,17H,8-15H2,1-3H3. The van der Waals surface area contributed by atoms with Gasteiger partial charge in [-0.25, -0.2) is 0 Å². The van der Waals surface area contributed by atoms with Crippen LogP contribution in [0, 0.1) is 12.3 Å². The summed E-state index contributed by atoms with van der Waals surface area (Å²) in [5.74, 6) is 1.03. The second-order valence-electron chi connectivity index (χ2n) is 7.75. The zero-order valence-electron chi connectivity index (χ0n) is 14.8. The van der Waals surface area contributed by atoms with Crippen molar-refractivity contribution >= 4 is 0 Å². The minimum absolute atomic E-state index is 0.310. The molecule has 2 saturated heterocycles. The second-order valence-corrected chi connectivity index (χ2v) is 7.75. The normalized spacial score (nSPS) is 21.2. The Morgan fingerprint density at radius 2 is 1.74 bits per heavy atom. The van der Waals surface area contributed by atoms with Crippen LogP contribution in [0.15, 0.2) is 24.3 Å². The number of hydrogen-bond acceptors (Lipinski definition) is 4. The Bertz CT molecular complexity index is 506. The van der Waals surface area contributed by atoms with E-state index in [0.717, 1.165) is 58.2 Å². The second kappa shape index (κ2) is 7.20. The fourth-order valence-corrected chi connectivity index (χ4v) is 3.61. The Kier molecular flexibility index (Phi) is 5.24. The Balaban J connectivity index is 1.41. The highest BCUT2D eigenvalue weighted by Crippen LogP contribution is 2.26. The van der Waals surface area contributed by atoms with Gasteiger partial charge in [0.1, 0.15) is 11.9 Å². The van der Waals surface area contributed by atoms with Crippen molar-refractivity contribution < 1.29 is 9.47 Å². The summed E-state index contributed by atoms with van der Waals surface area (Å²) >= 11 is 0. The third-order valence-corrected chi connectivity index (χ3v) is 4.72. The van der Waals surface area contributed by atoms with E-state index in [1.165, 1.54) is 5.56 Å². The summed E-state index contributed by atoms with van der Waals surface area (Å²) in [6.45, 7) is 15.1. The van der Waals surface area contributed by atoms with Crippen molar-refractivity contribution in [2.75, 3.05) is 52.5 Å². The number of rotatable bonds is 6. The van der Waals surface area contributed by atoms with Crippen LogP contribution in [0.1, 0.15) is 19.4 Å². The van der Waals surface area contributed by atoms with Crippen molar-refractivity contribution in [1.29, 1.82) is 0 Å². The van der Waals surface area contributed by atoms with Crippen LogP contribution in [0.4, 0.5) is 0 Å². The molecular weight excluding hydrogens is 288 g/mol. The average molecular weight is 318 g/mol. The van der Waals surface area contributed by atoms with E-state index < -0.39 is 0 Å². The van der Waals surface area contributed by atoms with Crippen molar-refractivity contribution in [2.24, 2.45) is 5.41 Å².